The lowest BCUT2D eigenvalue weighted by Crippen LogP contribution is -2.37. The SMILES string of the molecule is [B][P@]1(=O)OC[C@H]2O[C@@H](n3cnc4c(N)ccnc43)[C@H](F)[C@@H]2O[P@](=O)(SCc2ccc(OC(=O)c3ccc(OCCn4nnc5c4-c4ccccc4CN(C)c4ccccc4-5)cc3)cc2)OC[C@H]2O[C@@H](n3cnc4c(=O)[nH]c(N)nc43)[C@H](F)[C@@H]2O1. The van der Waals surface area contributed by atoms with Crippen molar-refractivity contribution in [3.8, 4) is 34.0 Å². The van der Waals surface area contributed by atoms with Crippen LogP contribution in [0.15, 0.2) is 127 Å². The number of fused-ring (bicyclic) bond motifs is 9. The Morgan fingerprint density at radius 3 is 2.24 bits per heavy atom. The van der Waals surface area contributed by atoms with E-state index in [9.17, 15) is 14.2 Å². The van der Waals surface area contributed by atoms with Crippen molar-refractivity contribution in [2.75, 3.05) is 43.2 Å². The number of carbonyl (C=O) groups is 1. The highest BCUT2D eigenvalue weighted by atomic mass is 32.7. The number of nitrogens with zero attached hydrogens (tertiary/aromatic N) is 10. The van der Waals surface area contributed by atoms with Crippen LogP contribution in [-0.2, 0) is 55.5 Å². The number of nitrogens with one attached hydrogen (secondary N) is 1. The number of hydrogen-bond acceptors (Lipinski definition) is 22. The molecule has 9 aromatic rings. The van der Waals surface area contributed by atoms with Gasteiger partial charge >= 0.3 is 12.8 Å². The number of benzene rings is 4. The molecule has 10 atom stereocenters. The lowest BCUT2D eigenvalue weighted by atomic mass is 9.96. The van der Waals surface area contributed by atoms with Gasteiger partial charge in [0, 0.05) is 42.4 Å². The van der Waals surface area contributed by atoms with E-state index in [1.807, 2.05) is 35.0 Å². The van der Waals surface area contributed by atoms with Gasteiger partial charge in [-0.15, -0.1) is 5.10 Å². The molecule has 25 nitrogen and oxygen atoms in total. The molecule has 0 saturated carbocycles. The van der Waals surface area contributed by atoms with Gasteiger partial charge in [0.2, 0.25) is 13.5 Å². The van der Waals surface area contributed by atoms with Gasteiger partial charge in [0.15, 0.2) is 41.6 Å². The second-order valence-corrected chi connectivity index (χ2v) is 25.5. The summed E-state index contributed by atoms with van der Waals surface area (Å²) in [5.41, 5.74) is 18.1. The summed E-state index contributed by atoms with van der Waals surface area (Å²) in [5, 5.41) is 9.18. The summed E-state index contributed by atoms with van der Waals surface area (Å²) in [6.07, 6.45) is -10.5. The molecule has 0 spiro atoms. The highest BCUT2D eigenvalue weighted by molar-refractivity contribution is 8.54. The van der Waals surface area contributed by atoms with Gasteiger partial charge in [-0.25, -0.2) is 37.8 Å². The van der Waals surface area contributed by atoms with Crippen LogP contribution in [0.3, 0.4) is 0 Å². The van der Waals surface area contributed by atoms with Crippen molar-refractivity contribution in [1.29, 1.82) is 0 Å². The monoisotopic (exact) mass is 1200 g/mol. The minimum Gasteiger partial charge on any atom is -0.492 e. The Kier molecular flexibility index (Phi) is 14.7. The highest BCUT2D eigenvalue weighted by Gasteiger charge is 2.55. The molecule has 9 heterocycles. The van der Waals surface area contributed by atoms with E-state index >= 15 is 13.3 Å². The topological polar surface area (TPSA) is 305 Å². The number of ether oxygens (including phenoxy) is 4. The van der Waals surface area contributed by atoms with Crippen LogP contribution in [0.5, 0.6) is 11.5 Å². The Morgan fingerprint density at radius 2 is 1.48 bits per heavy atom. The largest absolute Gasteiger partial charge is 0.492 e. The van der Waals surface area contributed by atoms with E-state index in [1.54, 1.807) is 36.4 Å². The molecule has 5 aromatic heterocycles. The molecule has 5 N–H and O–H groups in total. The number of para-hydroxylation sites is 1. The van der Waals surface area contributed by atoms with Crippen LogP contribution in [0.2, 0.25) is 0 Å². The fourth-order valence-electron chi connectivity index (χ4n) is 10.5. The number of rotatable bonds is 11. The first kappa shape index (κ1) is 55.4. The normalized spacial score (nSPS) is 26.0. The Labute approximate surface area is 480 Å². The molecule has 0 unspecified atom stereocenters. The van der Waals surface area contributed by atoms with Crippen molar-refractivity contribution < 1.29 is 59.7 Å². The first-order valence-corrected chi connectivity index (χ1v) is 30.9. The van der Waals surface area contributed by atoms with E-state index in [2.05, 4.69) is 65.4 Å². The summed E-state index contributed by atoms with van der Waals surface area (Å²) in [4.78, 5) is 47.2. The Hall–Kier alpha value is -7.85. The fourth-order valence-corrected chi connectivity index (χ4v) is 14.9. The van der Waals surface area contributed by atoms with E-state index in [-0.39, 0.29) is 57.6 Å². The summed E-state index contributed by atoms with van der Waals surface area (Å²) in [7, 11) is 3.34. The van der Waals surface area contributed by atoms with Gasteiger partial charge in [-0.1, -0.05) is 59.8 Å². The molecule has 0 bridgehead atoms. The number of H-pyrrole nitrogens is 1. The number of imidazole rings is 2. The third kappa shape index (κ3) is 10.6. The molecule has 2 radical (unpaired) electrons. The number of nitrogen functional groups attached to an aromatic ring is 2. The van der Waals surface area contributed by atoms with Crippen molar-refractivity contribution in [3.63, 3.8) is 0 Å². The number of esters is 1. The molecular formula is C53H48BF2N13O12P2S. The van der Waals surface area contributed by atoms with Gasteiger partial charge in [-0.2, -0.15) is 4.98 Å². The summed E-state index contributed by atoms with van der Waals surface area (Å²) in [6.45, 7) is -4.84. The molecule has 4 aliphatic rings. The van der Waals surface area contributed by atoms with Gasteiger partial charge in [0.05, 0.1) is 49.4 Å². The molecule has 0 amide bonds. The molecule has 3 saturated heterocycles. The van der Waals surface area contributed by atoms with Crippen molar-refractivity contribution >= 4 is 78.8 Å². The minimum absolute atomic E-state index is 0.101. The number of halogens is 2. The van der Waals surface area contributed by atoms with Crippen LogP contribution in [0.4, 0.5) is 26.1 Å². The van der Waals surface area contributed by atoms with Crippen LogP contribution in [0.1, 0.15) is 33.9 Å². The molecule has 13 rings (SSSR count). The van der Waals surface area contributed by atoms with Crippen molar-refractivity contribution in [1.82, 2.24) is 49.0 Å². The predicted octanol–water partition coefficient (Wildman–Crippen LogP) is 7.51. The lowest BCUT2D eigenvalue weighted by Gasteiger charge is -2.30. The average molecular weight is 1200 g/mol. The number of aromatic amines is 1. The fraction of sp³-hybridized carbons (Fsp3) is 0.283. The Morgan fingerprint density at radius 1 is 0.810 bits per heavy atom. The van der Waals surface area contributed by atoms with Gasteiger partial charge in [0.25, 0.3) is 13.0 Å². The van der Waals surface area contributed by atoms with Gasteiger partial charge in [-0.3, -0.25) is 32.5 Å². The second-order valence-electron chi connectivity index (χ2n) is 20.0. The average Bonchev–Trinajstić information content (AvgIpc) is 3.10. The minimum atomic E-state index is -4.77. The Bertz CT molecular complexity index is 4150. The maximum atomic E-state index is 17.0. The van der Waals surface area contributed by atoms with Gasteiger partial charge < -0.3 is 44.4 Å². The van der Waals surface area contributed by atoms with E-state index in [0.29, 0.717) is 35.8 Å². The smallest absolute Gasteiger partial charge is 0.389 e. The van der Waals surface area contributed by atoms with Crippen molar-refractivity contribution in [3.05, 3.63) is 149 Å². The summed E-state index contributed by atoms with van der Waals surface area (Å²) >= 11 is 0.645. The molecule has 4 aromatic carbocycles. The molecule has 31 heteroatoms. The van der Waals surface area contributed by atoms with Gasteiger partial charge in [-0.05, 0) is 71.0 Å². The van der Waals surface area contributed by atoms with Crippen LogP contribution >= 0.6 is 25.7 Å². The zero-order valence-corrected chi connectivity index (χ0v) is 46.7. The maximum absolute atomic E-state index is 17.0. The summed E-state index contributed by atoms with van der Waals surface area (Å²) in [5.74, 6) is -0.350. The number of pyridine rings is 1. The number of carbonyl (C=O) groups excluding carboxylic acids is 1. The third-order valence-electron chi connectivity index (χ3n) is 14.5. The molecule has 84 heavy (non-hydrogen) atoms. The Balaban J connectivity index is 0.693. The lowest BCUT2D eigenvalue weighted by molar-refractivity contribution is -0.0546. The number of hydrogen-bond donors (Lipinski definition) is 3. The summed E-state index contributed by atoms with van der Waals surface area (Å²) in [6, 6.07) is 30.6. The zero-order valence-electron chi connectivity index (χ0n) is 44.1. The second kappa shape index (κ2) is 22.3. The number of aromatic nitrogens is 10. The van der Waals surface area contributed by atoms with Crippen LogP contribution in [-0.4, -0.2) is 126 Å². The van der Waals surface area contributed by atoms with Crippen LogP contribution < -0.4 is 31.4 Å². The first-order chi connectivity index (χ1) is 40.6. The number of anilines is 3. The van der Waals surface area contributed by atoms with E-state index in [0.717, 1.165) is 44.7 Å². The van der Waals surface area contributed by atoms with Crippen LogP contribution in [0, 0.1) is 0 Å². The molecular weight excluding hydrogens is 1150 g/mol. The number of nitrogens with two attached hydrogens (primary N) is 2. The highest BCUT2D eigenvalue weighted by Crippen LogP contribution is 2.65. The van der Waals surface area contributed by atoms with E-state index in [1.165, 1.54) is 35.3 Å². The van der Waals surface area contributed by atoms with Crippen molar-refractivity contribution in [2.24, 2.45) is 0 Å². The predicted molar refractivity (Wildman–Crippen MR) is 302 cm³/mol. The quantitative estimate of drug-likeness (QED) is 0.0488. The molecule has 3 fully saturated rings. The van der Waals surface area contributed by atoms with E-state index < -0.39 is 88.2 Å². The summed E-state index contributed by atoms with van der Waals surface area (Å²) < 4.78 is 114. The van der Waals surface area contributed by atoms with Gasteiger partial charge in [0.1, 0.15) is 53.7 Å². The number of alkyl halides is 2. The molecule has 4 aliphatic heterocycles. The van der Waals surface area contributed by atoms with Crippen molar-refractivity contribution in [2.45, 2.75) is 68.1 Å². The van der Waals surface area contributed by atoms with Crippen LogP contribution in [0.25, 0.3) is 44.8 Å². The standard InChI is InChI=1S/C53H48BF2N13O12P2S/c1-66-22-30-6-2-3-7-33(30)44-41(34-8-4-5-9-36(34)66)64-65-69(44)20-21-74-31-16-12-29(13-17-31)52(71)77-32-14-10-28(11-15-32)25-84-83(73)76-24-38-45(39(55)51(79-38)68-27-61-43-48(68)62-53(58)63-49(43)70)80-82(54,72)75-23-37-46(81-83)40(56)50(78-37)67-26-60-42-35(57)18-19-59-47(42)67/h2-19,26-27,37-40,45-46,50-51H,20-25H2,1H3,(H2,57,59)(H3,58,62,63,70)/t37-,38-,39-,40-,45-,46-,50-,51-,82+,83-/m1/s1. The maximum Gasteiger partial charge on any atom is 0.389 e. The zero-order chi connectivity index (χ0) is 58.0. The third-order valence-corrected chi connectivity index (χ3v) is 19.2. The first-order valence-electron chi connectivity index (χ1n) is 26.1. The molecule has 430 valence electrons. The van der Waals surface area contributed by atoms with E-state index in [4.69, 9.17) is 56.1 Å². The molecule has 0 aliphatic carbocycles.